The summed E-state index contributed by atoms with van der Waals surface area (Å²) >= 11 is 3.83. The number of aryl methyl sites for hydroxylation is 1. The highest BCUT2D eigenvalue weighted by Crippen LogP contribution is 2.20. The summed E-state index contributed by atoms with van der Waals surface area (Å²) in [5.41, 5.74) is 1.88. The summed E-state index contributed by atoms with van der Waals surface area (Å²) < 4.78 is 5.57. The molecule has 1 atom stereocenters. The van der Waals surface area contributed by atoms with Crippen LogP contribution in [0, 0.1) is 0 Å². The number of hydrogen-bond acceptors (Lipinski definition) is 2. The SMILES string of the molecule is CCCCCCCCCCOC(=O)c1ccccc1CCCC(Br)CCCCCC. The van der Waals surface area contributed by atoms with E-state index in [1.807, 2.05) is 18.2 Å². The fraction of sp³-hybridized carbons (Fsp3) is 0.741. The highest BCUT2D eigenvalue weighted by molar-refractivity contribution is 9.09. The van der Waals surface area contributed by atoms with Crippen molar-refractivity contribution in [2.45, 2.75) is 121 Å². The van der Waals surface area contributed by atoms with Crippen LogP contribution < -0.4 is 0 Å². The lowest BCUT2D eigenvalue weighted by molar-refractivity contribution is 0.0496. The quantitative estimate of drug-likeness (QED) is 0.112. The van der Waals surface area contributed by atoms with E-state index in [0.717, 1.165) is 43.2 Å². The molecule has 0 radical (unpaired) electrons. The van der Waals surface area contributed by atoms with Crippen molar-refractivity contribution in [1.82, 2.24) is 0 Å². The van der Waals surface area contributed by atoms with Crippen molar-refractivity contribution in [1.29, 1.82) is 0 Å². The fourth-order valence-electron chi connectivity index (χ4n) is 3.87. The Balaban J connectivity index is 2.24. The molecular formula is C27H45BrO2. The molecule has 0 aliphatic heterocycles. The van der Waals surface area contributed by atoms with E-state index < -0.39 is 0 Å². The monoisotopic (exact) mass is 480 g/mol. The Kier molecular flexibility index (Phi) is 17.1. The van der Waals surface area contributed by atoms with Crippen LogP contribution in [0.5, 0.6) is 0 Å². The van der Waals surface area contributed by atoms with Crippen LogP contribution >= 0.6 is 15.9 Å². The van der Waals surface area contributed by atoms with Gasteiger partial charge in [0.05, 0.1) is 12.2 Å². The summed E-state index contributed by atoms with van der Waals surface area (Å²) in [6.45, 7) is 5.05. The molecule has 0 spiro atoms. The number of carbonyl (C=O) groups excluding carboxylic acids is 1. The predicted octanol–water partition coefficient (Wildman–Crippen LogP) is 9.04. The van der Waals surface area contributed by atoms with Gasteiger partial charge in [0, 0.05) is 4.83 Å². The summed E-state index contributed by atoms with van der Waals surface area (Å²) in [5.74, 6) is -0.150. The minimum absolute atomic E-state index is 0.150. The molecule has 0 heterocycles. The molecule has 0 amide bonds. The van der Waals surface area contributed by atoms with Gasteiger partial charge in [-0.05, 0) is 43.7 Å². The van der Waals surface area contributed by atoms with Gasteiger partial charge in [-0.25, -0.2) is 4.79 Å². The van der Waals surface area contributed by atoms with Gasteiger partial charge < -0.3 is 4.74 Å². The topological polar surface area (TPSA) is 26.3 Å². The number of rotatable bonds is 19. The summed E-state index contributed by atoms with van der Waals surface area (Å²) in [6.07, 6.45) is 19.8. The van der Waals surface area contributed by atoms with Gasteiger partial charge >= 0.3 is 5.97 Å². The largest absolute Gasteiger partial charge is 0.462 e. The van der Waals surface area contributed by atoms with E-state index in [-0.39, 0.29) is 5.97 Å². The Morgan fingerprint density at radius 3 is 2.07 bits per heavy atom. The van der Waals surface area contributed by atoms with E-state index in [0.29, 0.717) is 11.4 Å². The van der Waals surface area contributed by atoms with Crippen LogP contribution in [0.4, 0.5) is 0 Å². The van der Waals surface area contributed by atoms with Crippen LogP contribution in [0.2, 0.25) is 0 Å². The summed E-state index contributed by atoms with van der Waals surface area (Å²) in [7, 11) is 0. The van der Waals surface area contributed by atoms with E-state index >= 15 is 0 Å². The van der Waals surface area contributed by atoms with E-state index in [2.05, 4.69) is 35.8 Å². The lowest BCUT2D eigenvalue weighted by Gasteiger charge is -2.12. The molecule has 0 aliphatic rings. The first-order chi connectivity index (χ1) is 14.7. The standard InChI is InChI=1S/C27H45BrO2/c1-3-5-7-9-10-11-12-16-23-30-27(29)26-22-15-14-18-24(26)19-17-21-25(28)20-13-8-6-4-2/h14-15,18,22,25H,3-13,16-17,19-21,23H2,1-2H3. The molecule has 0 fully saturated rings. The molecule has 3 heteroatoms. The van der Waals surface area contributed by atoms with Gasteiger partial charge in [0.2, 0.25) is 0 Å². The number of carbonyl (C=O) groups is 1. The maximum absolute atomic E-state index is 12.5. The van der Waals surface area contributed by atoms with Crippen LogP contribution in [-0.4, -0.2) is 17.4 Å². The summed E-state index contributed by atoms with van der Waals surface area (Å²) in [4.78, 5) is 13.1. The molecule has 0 bridgehead atoms. The Bertz CT molecular complexity index is 543. The fourth-order valence-corrected chi connectivity index (χ4v) is 4.51. The highest BCUT2D eigenvalue weighted by Gasteiger charge is 2.13. The van der Waals surface area contributed by atoms with Crippen molar-refractivity contribution in [3.63, 3.8) is 0 Å². The summed E-state index contributed by atoms with van der Waals surface area (Å²) in [5, 5.41) is 0. The van der Waals surface area contributed by atoms with Gasteiger partial charge in [-0.1, -0.05) is 119 Å². The van der Waals surface area contributed by atoms with Crippen molar-refractivity contribution in [3.8, 4) is 0 Å². The average molecular weight is 482 g/mol. The zero-order chi connectivity index (χ0) is 21.9. The second-order valence-electron chi connectivity index (χ2n) is 8.61. The number of hydrogen-bond donors (Lipinski definition) is 0. The summed E-state index contributed by atoms with van der Waals surface area (Å²) in [6, 6.07) is 7.97. The molecule has 1 aromatic carbocycles. The molecule has 1 rings (SSSR count). The first-order valence-electron chi connectivity index (χ1n) is 12.6. The highest BCUT2D eigenvalue weighted by atomic mass is 79.9. The Hall–Kier alpha value is -0.830. The first kappa shape index (κ1) is 27.2. The molecule has 0 aliphatic carbocycles. The Morgan fingerprint density at radius 2 is 1.37 bits per heavy atom. The molecule has 2 nitrogen and oxygen atoms in total. The molecule has 30 heavy (non-hydrogen) atoms. The third kappa shape index (κ3) is 13.5. The first-order valence-corrected chi connectivity index (χ1v) is 13.5. The third-order valence-corrected chi connectivity index (χ3v) is 6.72. The molecule has 0 saturated carbocycles. The average Bonchev–Trinajstić information content (AvgIpc) is 2.76. The van der Waals surface area contributed by atoms with Crippen molar-refractivity contribution in [3.05, 3.63) is 35.4 Å². The van der Waals surface area contributed by atoms with Gasteiger partial charge in [-0.15, -0.1) is 0 Å². The van der Waals surface area contributed by atoms with Crippen molar-refractivity contribution >= 4 is 21.9 Å². The number of halogens is 1. The van der Waals surface area contributed by atoms with Gasteiger partial charge in [0.1, 0.15) is 0 Å². The van der Waals surface area contributed by atoms with Crippen LogP contribution in [0.25, 0.3) is 0 Å². The number of alkyl halides is 1. The van der Waals surface area contributed by atoms with E-state index in [1.165, 1.54) is 70.6 Å². The Morgan fingerprint density at radius 1 is 0.800 bits per heavy atom. The van der Waals surface area contributed by atoms with Crippen LogP contribution in [0.3, 0.4) is 0 Å². The molecule has 1 unspecified atom stereocenters. The van der Waals surface area contributed by atoms with Crippen LogP contribution in [-0.2, 0) is 11.2 Å². The van der Waals surface area contributed by atoms with Crippen molar-refractivity contribution < 1.29 is 9.53 Å². The second kappa shape index (κ2) is 18.9. The molecule has 0 N–H and O–H groups in total. The molecule has 172 valence electrons. The Labute approximate surface area is 194 Å². The van der Waals surface area contributed by atoms with E-state index in [1.54, 1.807) is 0 Å². The zero-order valence-corrected chi connectivity index (χ0v) is 21.2. The number of ether oxygens (including phenoxy) is 1. The van der Waals surface area contributed by atoms with E-state index in [9.17, 15) is 4.79 Å². The van der Waals surface area contributed by atoms with E-state index in [4.69, 9.17) is 4.74 Å². The minimum Gasteiger partial charge on any atom is -0.462 e. The molecule has 0 saturated heterocycles. The molecule has 1 aromatic rings. The predicted molar refractivity (Wildman–Crippen MR) is 134 cm³/mol. The minimum atomic E-state index is -0.150. The van der Waals surface area contributed by atoms with Gasteiger partial charge in [0.15, 0.2) is 0 Å². The second-order valence-corrected chi connectivity index (χ2v) is 9.90. The van der Waals surface area contributed by atoms with Gasteiger partial charge in [0.25, 0.3) is 0 Å². The number of unbranched alkanes of at least 4 members (excludes halogenated alkanes) is 10. The third-order valence-electron chi connectivity index (χ3n) is 5.80. The van der Waals surface area contributed by atoms with Gasteiger partial charge in [-0.2, -0.15) is 0 Å². The lowest BCUT2D eigenvalue weighted by Crippen LogP contribution is -2.10. The maximum atomic E-state index is 12.5. The number of benzene rings is 1. The van der Waals surface area contributed by atoms with Crippen molar-refractivity contribution in [2.24, 2.45) is 0 Å². The maximum Gasteiger partial charge on any atom is 0.338 e. The zero-order valence-electron chi connectivity index (χ0n) is 19.6. The van der Waals surface area contributed by atoms with Crippen LogP contribution in [0.1, 0.15) is 126 Å². The normalized spacial score (nSPS) is 12.1. The van der Waals surface area contributed by atoms with Crippen LogP contribution in [0.15, 0.2) is 24.3 Å². The smallest absolute Gasteiger partial charge is 0.338 e. The molecule has 0 aromatic heterocycles. The lowest BCUT2D eigenvalue weighted by atomic mass is 10.00. The molecular weight excluding hydrogens is 436 g/mol. The van der Waals surface area contributed by atoms with Gasteiger partial charge in [-0.3, -0.25) is 0 Å². The van der Waals surface area contributed by atoms with Crippen molar-refractivity contribution in [2.75, 3.05) is 6.61 Å². The number of esters is 1.